The van der Waals surface area contributed by atoms with Crippen molar-refractivity contribution in [3.8, 4) is 5.19 Å². The average Bonchev–Trinajstić information content (AvgIpc) is 2.62. The molecule has 4 nitrogen and oxygen atoms in total. The van der Waals surface area contributed by atoms with Crippen LogP contribution in [0.2, 0.25) is 0 Å². The zero-order valence-electron chi connectivity index (χ0n) is 10.5. The van der Waals surface area contributed by atoms with Crippen molar-refractivity contribution in [3.05, 3.63) is 5.01 Å². The lowest BCUT2D eigenvalue weighted by molar-refractivity contribution is 0.286. The number of nitrogens with zero attached hydrogens (tertiary/aromatic N) is 2. The Hall–Kier alpha value is -0.680. The van der Waals surface area contributed by atoms with Gasteiger partial charge in [-0.15, -0.1) is 10.2 Å². The summed E-state index contributed by atoms with van der Waals surface area (Å²) in [5.74, 6) is 0.662. The van der Waals surface area contributed by atoms with Crippen molar-refractivity contribution in [2.24, 2.45) is 5.92 Å². The van der Waals surface area contributed by atoms with E-state index in [1.807, 2.05) is 0 Å². The van der Waals surface area contributed by atoms with E-state index >= 15 is 0 Å². The number of hydrogen-bond acceptors (Lipinski definition) is 5. The van der Waals surface area contributed by atoms with Crippen LogP contribution in [0.3, 0.4) is 0 Å². The van der Waals surface area contributed by atoms with E-state index in [4.69, 9.17) is 4.74 Å². The van der Waals surface area contributed by atoms with Crippen molar-refractivity contribution in [3.63, 3.8) is 0 Å². The van der Waals surface area contributed by atoms with Gasteiger partial charge in [0, 0.05) is 6.04 Å². The number of hydrogen-bond donors (Lipinski definition) is 1. The summed E-state index contributed by atoms with van der Waals surface area (Å²) in [5, 5.41) is 13.0. The van der Waals surface area contributed by atoms with Crippen LogP contribution in [0.25, 0.3) is 0 Å². The predicted molar refractivity (Wildman–Crippen MR) is 66.8 cm³/mol. The molecule has 0 saturated heterocycles. The highest BCUT2D eigenvalue weighted by Crippen LogP contribution is 2.18. The summed E-state index contributed by atoms with van der Waals surface area (Å²) in [4.78, 5) is 0. The zero-order chi connectivity index (χ0) is 12.0. The van der Waals surface area contributed by atoms with Gasteiger partial charge in [0.1, 0.15) is 5.01 Å². The highest BCUT2D eigenvalue weighted by molar-refractivity contribution is 7.13. The number of nitrogens with one attached hydrogen (secondary N) is 1. The monoisotopic (exact) mass is 243 g/mol. The van der Waals surface area contributed by atoms with Crippen molar-refractivity contribution >= 4 is 11.3 Å². The third-order valence-electron chi connectivity index (χ3n) is 2.03. The molecule has 0 aliphatic heterocycles. The van der Waals surface area contributed by atoms with Crippen LogP contribution >= 0.6 is 11.3 Å². The van der Waals surface area contributed by atoms with Gasteiger partial charge in [-0.2, -0.15) is 0 Å². The third kappa shape index (κ3) is 5.42. The average molecular weight is 243 g/mol. The van der Waals surface area contributed by atoms with Crippen LogP contribution in [-0.4, -0.2) is 22.8 Å². The van der Waals surface area contributed by atoms with E-state index in [1.54, 1.807) is 0 Å². The van der Waals surface area contributed by atoms with Gasteiger partial charge in [-0.25, -0.2) is 0 Å². The lowest BCUT2D eigenvalue weighted by atomic mass is 10.1. The summed E-state index contributed by atoms with van der Waals surface area (Å²) in [7, 11) is 0. The molecule has 0 aliphatic rings. The quantitative estimate of drug-likeness (QED) is 0.799. The molecule has 1 aromatic heterocycles. The summed E-state index contributed by atoms with van der Waals surface area (Å²) in [6.45, 7) is 10.1. The lowest BCUT2D eigenvalue weighted by Crippen LogP contribution is -2.21. The van der Waals surface area contributed by atoms with Gasteiger partial charge in [0.05, 0.1) is 13.2 Å². The Balaban J connectivity index is 2.28. The van der Waals surface area contributed by atoms with Gasteiger partial charge >= 0.3 is 0 Å². The number of aromatic nitrogens is 2. The Morgan fingerprint density at radius 3 is 2.62 bits per heavy atom. The molecule has 0 saturated carbocycles. The van der Waals surface area contributed by atoms with Crippen LogP contribution in [0, 0.1) is 5.92 Å². The van der Waals surface area contributed by atoms with Crippen LogP contribution in [-0.2, 0) is 6.54 Å². The van der Waals surface area contributed by atoms with Crippen molar-refractivity contribution in [1.82, 2.24) is 15.5 Å². The van der Waals surface area contributed by atoms with Crippen LogP contribution in [0.15, 0.2) is 0 Å². The van der Waals surface area contributed by atoms with Crippen LogP contribution in [0.1, 0.15) is 39.1 Å². The Morgan fingerprint density at radius 2 is 2.00 bits per heavy atom. The Kier molecular flexibility index (Phi) is 5.69. The summed E-state index contributed by atoms with van der Waals surface area (Å²) in [6.07, 6.45) is 1.05. The van der Waals surface area contributed by atoms with E-state index in [-0.39, 0.29) is 0 Å². The van der Waals surface area contributed by atoms with Gasteiger partial charge in [0.25, 0.3) is 5.19 Å². The van der Waals surface area contributed by atoms with E-state index in [1.165, 1.54) is 11.3 Å². The maximum atomic E-state index is 5.52. The first-order valence-corrected chi connectivity index (χ1v) is 6.58. The smallest absolute Gasteiger partial charge is 0.294 e. The molecule has 5 heteroatoms. The normalized spacial score (nSPS) is 11.4. The highest BCUT2D eigenvalue weighted by Gasteiger charge is 2.05. The molecule has 16 heavy (non-hydrogen) atoms. The summed E-state index contributed by atoms with van der Waals surface area (Å²) < 4.78 is 5.52. The Labute approximate surface area is 101 Å². The maximum Gasteiger partial charge on any atom is 0.294 e. The molecule has 0 bridgehead atoms. The van der Waals surface area contributed by atoms with Gasteiger partial charge in [0.2, 0.25) is 0 Å². The Bertz CT molecular complexity index is 299. The molecule has 0 unspecified atom stereocenters. The van der Waals surface area contributed by atoms with Crippen LogP contribution in [0.5, 0.6) is 5.19 Å². The van der Waals surface area contributed by atoms with Gasteiger partial charge in [-0.1, -0.05) is 39.0 Å². The molecule has 1 heterocycles. The molecule has 0 aromatic carbocycles. The molecular formula is C11H21N3OS. The maximum absolute atomic E-state index is 5.52. The molecule has 1 rings (SSSR count). The minimum Gasteiger partial charge on any atom is -0.469 e. The number of ether oxygens (including phenoxy) is 1. The molecule has 0 fully saturated rings. The largest absolute Gasteiger partial charge is 0.469 e. The predicted octanol–water partition coefficient (Wildman–Crippen LogP) is 2.46. The minimum atomic E-state index is 0.467. The summed E-state index contributed by atoms with van der Waals surface area (Å²) >= 11 is 1.52. The second-order valence-electron chi connectivity index (χ2n) is 4.53. The molecule has 1 N–H and O–H groups in total. The topological polar surface area (TPSA) is 47.0 Å². The number of rotatable bonds is 7. The first-order chi connectivity index (χ1) is 7.58. The molecule has 92 valence electrons. The van der Waals surface area contributed by atoms with Gasteiger partial charge in [0.15, 0.2) is 0 Å². The standard InChI is InChI=1S/C11H21N3OS/c1-8(2)5-6-15-11-14-13-10(16-11)7-12-9(3)4/h8-9,12H,5-7H2,1-4H3. The molecule has 0 amide bonds. The molecule has 1 aromatic rings. The van der Waals surface area contributed by atoms with Crippen LogP contribution in [0.4, 0.5) is 0 Å². The van der Waals surface area contributed by atoms with Crippen molar-refractivity contribution in [2.75, 3.05) is 6.61 Å². The highest BCUT2D eigenvalue weighted by atomic mass is 32.1. The van der Waals surface area contributed by atoms with Gasteiger partial charge in [-0.3, -0.25) is 0 Å². The first-order valence-electron chi connectivity index (χ1n) is 5.76. The molecule has 0 radical (unpaired) electrons. The molecular weight excluding hydrogens is 222 g/mol. The second kappa shape index (κ2) is 6.81. The van der Waals surface area contributed by atoms with Crippen molar-refractivity contribution < 1.29 is 4.74 Å². The van der Waals surface area contributed by atoms with Crippen molar-refractivity contribution in [2.45, 2.75) is 46.7 Å². The third-order valence-corrected chi connectivity index (χ3v) is 2.87. The molecule has 0 aliphatic carbocycles. The zero-order valence-corrected chi connectivity index (χ0v) is 11.3. The minimum absolute atomic E-state index is 0.467. The SMILES string of the molecule is CC(C)CCOc1nnc(CNC(C)C)s1. The van der Waals surface area contributed by atoms with E-state index in [2.05, 4.69) is 43.2 Å². The summed E-state index contributed by atoms with van der Waals surface area (Å²) in [5.41, 5.74) is 0. The fourth-order valence-electron chi connectivity index (χ4n) is 1.04. The van der Waals surface area contributed by atoms with Gasteiger partial charge < -0.3 is 10.1 Å². The van der Waals surface area contributed by atoms with Gasteiger partial charge in [-0.05, 0) is 12.3 Å². The second-order valence-corrected chi connectivity index (χ2v) is 5.55. The Morgan fingerprint density at radius 1 is 1.25 bits per heavy atom. The van der Waals surface area contributed by atoms with Crippen molar-refractivity contribution in [1.29, 1.82) is 0 Å². The van der Waals surface area contributed by atoms with E-state index in [9.17, 15) is 0 Å². The fraction of sp³-hybridized carbons (Fsp3) is 0.818. The molecule has 0 atom stereocenters. The molecule has 0 spiro atoms. The van der Waals surface area contributed by atoms with E-state index < -0.39 is 0 Å². The lowest BCUT2D eigenvalue weighted by Gasteiger charge is -2.04. The first kappa shape index (κ1) is 13.4. The fourth-order valence-corrected chi connectivity index (χ4v) is 1.70. The van der Waals surface area contributed by atoms with E-state index in [0.717, 1.165) is 24.6 Å². The van der Waals surface area contributed by atoms with E-state index in [0.29, 0.717) is 17.2 Å². The summed E-state index contributed by atoms with van der Waals surface area (Å²) in [6, 6.07) is 0.467. The van der Waals surface area contributed by atoms with Crippen LogP contribution < -0.4 is 10.1 Å².